The van der Waals surface area contributed by atoms with Crippen LogP contribution in [0.25, 0.3) is 93.6 Å². The first-order valence-electron chi connectivity index (χ1n) is 18.3. The SMILES string of the molecule is N#Cc1cccc(C#N)c1-c1c(-n2c3ccccc3c3ccccc32)ccc(-n2c3ccccc3c3ccccc32)c1-n1c2ccccc2c2ccccc21. The lowest BCUT2D eigenvalue weighted by molar-refractivity contribution is 1.08. The Labute approximate surface area is 316 Å². The summed E-state index contributed by atoms with van der Waals surface area (Å²) in [6.45, 7) is 0. The fourth-order valence-electron chi connectivity index (χ4n) is 8.94. The highest BCUT2D eigenvalue weighted by Crippen LogP contribution is 2.47. The maximum atomic E-state index is 10.9. The van der Waals surface area contributed by atoms with Crippen molar-refractivity contribution in [3.8, 4) is 40.3 Å². The topological polar surface area (TPSA) is 62.4 Å². The zero-order chi connectivity index (χ0) is 36.6. The first-order valence-corrected chi connectivity index (χ1v) is 18.3. The fourth-order valence-corrected chi connectivity index (χ4v) is 8.94. The van der Waals surface area contributed by atoms with Gasteiger partial charge in [-0.3, -0.25) is 0 Å². The molecule has 3 heterocycles. The highest BCUT2D eigenvalue weighted by molar-refractivity contribution is 6.14. The van der Waals surface area contributed by atoms with E-state index < -0.39 is 0 Å². The predicted octanol–water partition coefficient (Wildman–Crippen LogP) is 12.4. The number of hydrogen-bond acceptors (Lipinski definition) is 2. The Balaban J connectivity index is 1.45. The van der Waals surface area contributed by atoms with E-state index in [9.17, 15) is 10.5 Å². The van der Waals surface area contributed by atoms with Gasteiger partial charge in [-0.2, -0.15) is 10.5 Å². The van der Waals surface area contributed by atoms with E-state index in [1.54, 1.807) is 6.07 Å². The van der Waals surface area contributed by atoms with Crippen LogP contribution >= 0.6 is 0 Å². The summed E-state index contributed by atoms with van der Waals surface area (Å²) in [5, 5.41) is 28.6. The molecule has 0 radical (unpaired) electrons. The van der Waals surface area contributed by atoms with Crippen LogP contribution in [0.1, 0.15) is 11.1 Å². The summed E-state index contributed by atoms with van der Waals surface area (Å²) in [4.78, 5) is 0. The van der Waals surface area contributed by atoms with Gasteiger partial charge in [0.15, 0.2) is 0 Å². The second kappa shape index (κ2) is 11.8. The predicted molar refractivity (Wildman–Crippen MR) is 224 cm³/mol. The largest absolute Gasteiger partial charge is 0.309 e. The Morgan fingerprint density at radius 1 is 0.291 bits per heavy atom. The fraction of sp³-hybridized carbons (Fsp3) is 0. The molecule has 0 unspecified atom stereocenters. The molecule has 0 N–H and O–H groups in total. The van der Waals surface area contributed by atoms with Crippen LogP contribution in [0.4, 0.5) is 0 Å². The van der Waals surface area contributed by atoms with Gasteiger partial charge in [-0.15, -0.1) is 0 Å². The van der Waals surface area contributed by atoms with Crippen molar-refractivity contribution in [1.82, 2.24) is 13.7 Å². The summed E-state index contributed by atoms with van der Waals surface area (Å²) in [5.74, 6) is 0. The van der Waals surface area contributed by atoms with Gasteiger partial charge in [0.25, 0.3) is 0 Å². The molecule has 0 aliphatic heterocycles. The molecule has 5 heteroatoms. The zero-order valence-corrected chi connectivity index (χ0v) is 29.5. The third-order valence-electron chi connectivity index (χ3n) is 11.1. The molecule has 5 nitrogen and oxygen atoms in total. The van der Waals surface area contributed by atoms with Crippen molar-refractivity contribution in [3.63, 3.8) is 0 Å². The van der Waals surface area contributed by atoms with Crippen molar-refractivity contribution in [2.24, 2.45) is 0 Å². The first-order chi connectivity index (χ1) is 27.3. The van der Waals surface area contributed by atoms with Crippen LogP contribution in [0.15, 0.2) is 176 Å². The molecular formula is C50H29N5. The average molecular weight is 700 g/mol. The summed E-state index contributed by atoms with van der Waals surface area (Å²) in [5.41, 5.74) is 11.2. The molecule has 0 amide bonds. The Hall–Kier alpha value is -7.86. The lowest BCUT2D eigenvalue weighted by Crippen LogP contribution is -2.10. The molecular weight excluding hydrogens is 671 g/mol. The highest BCUT2D eigenvalue weighted by atomic mass is 15.1. The van der Waals surface area contributed by atoms with Crippen LogP contribution in [-0.4, -0.2) is 13.7 Å². The molecule has 11 rings (SSSR count). The second-order valence-electron chi connectivity index (χ2n) is 13.9. The zero-order valence-electron chi connectivity index (χ0n) is 29.5. The number of nitrogens with zero attached hydrogens (tertiary/aromatic N) is 5. The lowest BCUT2D eigenvalue weighted by atomic mass is 9.91. The quantitative estimate of drug-likeness (QED) is 0.184. The smallest absolute Gasteiger partial charge is 0.0998 e. The molecule has 0 fully saturated rings. The van der Waals surface area contributed by atoms with Gasteiger partial charge < -0.3 is 13.7 Å². The summed E-state index contributed by atoms with van der Waals surface area (Å²) in [6, 6.07) is 65.9. The van der Waals surface area contributed by atoms with Gasteiger partial charge in [0.2, 0.25) is 0 Å². The van der Waals surface area contributed by atoms with Gasteiger partial charge in [0.1, 0.15) is 0 Å². The Morgan fingerprint density at radius 2 is 0.600 bits per heavy atom. The van der Waals surface area contributed by atoms with Crippen molar-refractivity contribution in [1.29, 1.82) is 10.5 Å². The average Bonchev–Trinajstić information content (AvgIpc) is 3.89. The van der Waals surface area contributed by atoms with E-state index in [2.05, 4.69) is 184 Å². The lowest BCUT2D eigenvalue weighted by Gasteiger charge is -2.25. The molecule has 0 saturated carbocycles. The molecule has 0 saturated heterocycles. The molecule has 0 aliphatic rings. The van der Waals surface area contributed by atoms with E-state index in [0.29, 0.717) is 16.7 Å². The third-order valence-corrected chi connectivity index (χ3v) is 11.1. The normalized spacial score (nSPS) is 11.6. The Kier molecular flexibility index (Phi) is 6.61. The van der Waals surface area contributed by atoms with Gasteiger partial charge >= 0.3 is 0 Å². The molecule has 0 aliphatic carbocycles. The Morgan fingerprint density at radius 3 is 0.964 bits per heavy atom. The van der Waals surface area contributed by atoms with Crippen LogP contribution in [-0.2, 0) is 0 Å². The number of rotatable bonds is 4. The standard InChI is InChI=1S/C50H29N5/c51-30-32-14-13-15-33(31-52)48(32)49-46(53-40-22-7-1-16-34(40)35-17-2-8-23-41(35)53)28-29-47(54-42-24-9-3-18-36(42)37-19-4-10-25-43(37)54)50(49)55-44-26-11-5-20-38(44)39-21-6-12-27-45(39)55/h1-29H. The number of aromatic nitrogens is 3. The highest BCUT2D eigenvalue weighted by Gasteiger charge is 2.29. The number of hydrogen-bond donors (Lipinski definition) is 0. The number of benzene rings is 8. The number of para-hydroxylation sites is 6. The number of fused-ring (bicyclic) bond motifs is 9. The van der Waals surface area contributed by atoms with Crippen molar-refractivity contribution in [3.05, 3.63) is 187 Å². The maximum absolute atomic E-state index is 10.9. The molecule has 55 heavy (non-hydrogen) atoms. The summed E-state index contributed by atoms with van der Waals surface area (Å²) >= 11 is 0. The molecule has 11 aromatic rings. The maximum Gasteiger partial charge on any atom is 0.0998 e. The van der Waals surface area contributed by atoms with E-state index in [0.717, 1.165) is 88.0 Å². The van der Waals surface area contributed by atoms with Crippen LogP contribution in [0.5, 0.6) is 0 Å². The molecule has 0 bridgehead atoms. The van der Waals surface area contributed by atoms with Crippen molar-refractivity contribution in [2.45, 2.75) is 0 Å². The molecule has 8 aromatic carbocycles. The molecule has 0 spiro atoms. The minimum absolute atomic E-state index is 0.433. The molecule has 3 aromatic heterocycles. The van der Waals surface area contributed by atoms with Crippen LogP contribution < -0.4 is 0 Å². The summed E-state index contributed by atoms with van der Waals surface area (Å²) in [6.07, 6.45) is 0. The first kappa shape index (κ1) is 30.7. The van der Waals surface area contributed by atoms with E-state index in [1.165, 1.54) is 0 Å². The Bertz CT molecular complexity index is 3280. The minimum atomic E-state index is 0.433. The summed E-state index contributed by atoms with van der Waals surface area (Å²) in [7, 11) is 0. The molecule has 254 valence electrons. The van der Waals surface area contributed by atoms with Gasteiger partial charge in [-0.1, -0.05) is 115 Å². The van der Waals surface area contributed by atoms with Gasteiger partial charge in [0.05, 0.1) is 73.4 Å². The van der Waals surface area contributed by atoms with E-state index in [-0.39, 0.29) is 0 Å². The van der Waals surface area contributed by atoms with Crippen LogP contribution in [0.3, 0.4) is 0 Å². The minimum Gasteiger partial charge on any atom is -0.309 e. The monoisotopic (exact) mass is 699 g/mol. The van der Waals surface area contributed by atoms with Crippen LogP contribution in [0.2, 0.25) is 0 Å². The van der Waals surface area contributed by atoms with Crippen molar-refractivity contribution >= 4 is 65.4 Å². The van der Waals surface area contributed by atoms with Gasteiger partial charge in [-0.25, -0.2) is 0 Å². The number of nitriles is 2. The van der Waals surface area contributed by atoms with Gasteiger partial charge in [-0.05, 0) is 60.7 Å². The molecule has 0 atom stereocenters. The van der Waals surface area contributed by atoms with Crippen LogP contribution in [0, 0.1) is 22.7 Å². The second-order valence-corrected chi connectivity index (χ2v) is 13.9. The third kappa shape index (κ3) is 4.27. The van der Waals surface area contributed by atoms with E-state index >= 15 is 0 Å². The van der Waals surface area contributed by atoms with Crippen molar-refractivity contribution in [2.75, 3.05) is 0 Å². The van der Waals surface area contributed by atoms with E-state index in [4.69, 9.17) is 0 Å². The summed E-state index contributed by atoms with van der Waals surface area (Å²) < 4.78 is 7.01. The van der Waals surface area contributed by atoms with E-state index in [1.807, 2.05) is 12.1 Å². The van der Waals surface area contributed by atoms with Crippen molar-refractivity contribution < 1.29 is 0 Å². The van der Waals surface area contributed by atoms with Gasteiger partial charge in [0, 0.05) is 43.4 Å².